The lowest BCUT2D eigenvalue weighted by atomic mass is 9.87. The number of rotatable bonds is 0. The van der Waals surface area contributed by atoms with Crippen LogP contribution in [-0.2, 0) is 0 Å². The lowest BCUT2D eigenvalue weighted by Crippen LogP contribution is -2.19. The highest BCUT2D eigenvalue weighted by molar-refractivity contribution is 5.83. The molecule has 0 radical (unpaired) electrons. The summed E-state index contributed by atoms with van der Waals surface area (Å²) in [5.74, 6) is 0. The number of hydrogen-bond acceptors (Lipinski definition) is 0. The van der Waals surface area contributed by atoms with Gasteiger partial charge in [0.2, 0.25) is 0 Å². The van der Waals surface area contributed by atoms with E-state index in [0.717, 1.165) is 0 Å². The second-order valence-electron chi connectivity index (χ2n) is 3.64. The molecule has 0 N–H and O–H groups in total. The quantitative estimate of drug-likeness (QED) is 0.433. The van der Waals surface area contributed by atoms with Gasteiger partial charge in [0.1, 0.15) is 13.6 Å². The third-order valence-electron chi connectivity index (χ3n) is 2.62. The molecule has 0 bridgehead atoms. The fraction of sp³-hybridized carbons (Fsp3) is 0.875. The third-order valence-corrected chi connectivity index (χ3v) is 2.62. The van der Waals surface area contributed by atoms with E-state index in [1.807, 2.05) is 0 Å². The van der Waals surface area contributed by atoms with Crippen LogP contribution in [0.25, 0.3) is 0 Å². The van der Waals surface area contributed by atoms with Crippen molar-refractivity contribution in [3.63, 3.8) is 0 Å². The molecule has 1 heterocycles. The molecule has 9 heavy (non-hydrogen) atoms. The van der Waals surface area contributed by atoms with E-state index in [2.05, 4.69) is 32.4 Å². The van der Waals surface area contributed by atoms with Gasteiger partial charge in [0, 0.05) is 13.3 Å². The minimum absolute atomic E-state index is 0.467. The van der Waals surface area contributed by atoms with E-state index in [1.165, 1.54) is 18.7 Å². The zero-order chi connectivity index (χ0) is 7.07. The lowest BCUT2D eigenvalue weighted by Gasteiger charge is -2.10. The molecule has 0 aromatic carbocycles. The highest BCUT2D eigenvalue weighted by Crippen LogP contribution is 2.26. The summed E-state index contributed by atoms with van der Waals surface area (Å²) in [7, 11) is 2.17. The molecule has 1 nitrogen and oxygen atoms in total. The second kappa shape index (κ2) is 1.83. The summed E-state index contributed by atoms with van der Waals surface area (Å²) >= 11 is 0. The molecule has 0 unspecified atom stereocenters. The first kappa shape index (κ1) is 6.79. The van der Waals surface area contributed by atoms with Crippen LogP contribution in [0.3, 0.4) is 0 Å². The van der Waals surface area contributed by atoms with E-state index in [1.54, 1.807) is 0 Å². The van der Waals surface area contributed by atoms with Crippen LogP contribution in [-0.4, -0.2) is 23.9 Å². The average molecular weight is 126 g/mol. The molecule has 0 fully saturated rings. The molecule has 0 amide bonds. The maximum absolute atomic E-state index is 2.35. The third kappa shape index (κ3) is 1.00. The summed E-state index contributed by atoms with van der Waals surface area (Å²) in [5, 5.41) is 0. The highest BCUT2D eigenvalue weighted by atomic mass is 15.0. The Balaban J connectivity index is 2.88. The van der Waals surface area contributed by atoms with Gasteiger partial charge in [-0.2, -0.15) is 0 Å². The Bertz CT molecular complexity index is 154. The lowest BCUT2D eigenvalue weighted by molar-refractivity contribution is -0.489. The Morgan fingerprint density at radius 2 is 2.00 bits per heavy atom. The van der Waals surface area contributed by atoms with Crippen molar-refractivity contribution in [3.05, 3.63) is 0 Å². The first-order valence-electron chi connectivity index (χ1n) is 3.59. The van der Waals surface area contributed by atoms with E-state index < -0.39 is 0 Å². The maximum Gasteiger partial charge on any atom is 0.154 e. The van der Waals surface area contributed by atoms with Gasteiger partial charge < -0.3 is 0 Å². The van der Waals surface area contributed by atoms with Gasteiger partial charge in [-0.05, 0) is 0 Å². The first-order chi connectivity index (χ1) is 4.04. The van der Waals surface area contributed by atoms with Gasteiger partial charge in [-0.1, -0.05) is 13.8 Å². The Kier molecular flexibility index (Phi) is 1.38. The van der Waals surface area contributed by atoms with E-state index in [9.17, 15) is 0 Å². The van der Waals surface area contributed by atoms with E-state index in [4.69, 9.17) is 0 Å². The molecule has 0 spiro atoms. The van der Waals surface area contributed by atoms with E-state index in [0.29, 0.717) is 5.41 Å². The van der Waals surface area contributed by atoms with Crippen molar-refractivity contribution in [2.45, 2.75) is 27.2 Å². The van der Waals surface area contributed by atoms with Crippen LogP contribution in [0.15, 0.2) is 0 Å². The van der Waals surface area contributed by atoms with Gasteiger partial charge in [-0.15, -0.1) is 0 Å². The van der Waals surface area contributed by atoms with E-state index in [-0.39, 0.29) is 0 Å². The Labute approximate surface area is 57.4 Å². The predicted octanol–water partition coefficient (Wildman–Crippen LogP) is 1.52. The monoisotopic (exact) mass is 126 g/mol. The predicted molar refractivity (Wildman–Crippen MR) is 40.1 cm³/mol. The standard InChI is InChI=1S/C8H16N/c1-7-8(2,3)5-6-9(7)4/h5-6H2,1-4H3/q+1. The molecule has 0 aliphatic carbocycles. The molecule has 1 heteroatoms. The van der Waals surface area contributed by atoms with Crippen LogP contribution in [0.2, 0.25) is 0 Å². The molecule has 1 rings (SSSR count). The Morgan fingerprint density at radius 3 is 2.11 bits per heavy atom. The van der Waals surface area contributed by atoms with Crippen LogP contribution < -0.4 is 0 Å². The Hall–Kier alpha value is -0.330. The smallest absolute Gasteiger partial charge is 0.154 e. The summed E-state index contributed by atoms with van der Waals surface area (Å²) in [6, 6.07) is 0. The van der Waals surface area contributed by atoms with Gasteiger partial charge >= 0.3 is 0 Å². The molecule has 0 atom stereocenters. The SMILES string of the molecule is CC1=[N+](C)CCC1(C)C. The van der Waals surface area contributed by atoms with Crippen molar-refractivity contribution in [2.24, 2.45) is 5.41 Å². The zero-order valence-corrected chi connectivity index (χ0v) is 6.86. The normalized spacial score (nSPS) is 25.3. The number of hydrogen-bond donors (Lipinski definition) is 0. The van der Waals surface area contributed by atoms with Gasteiger partial charge in [0.15, 0.2) is 5.71 Å². The molecular formula is C8H16N+. The van der Waals surface area contributed by atoms with Crippen molar-refractivity contribution in [3.8, 4) is 0 Å². The molecule has 1 aliphatic heterocycles. The van der Waals surface area contributed by atoms with Crippen molar-refractivity contribution in [1.82, 2.24) is 0 Å². The van der Waals surface area contributed by atoms with Crippen molar-refractivity contribution in [1.29, 1.82) is 0 Å². The minimum Gasteiger partial charge on any atom is -0.239 e. The van der Waals surface area contributed by atoms with Crippen LogP contribution in [0.1, 0.15) is 27.2 Å². The summed E-state index contributed by atoms with van der Waals surface area (Å²) in [6.45, 7) is 8.09. The molecule has 0 saturated carbocycles. The van der Waals surface area contributed by atoms with Crippen molar-refractivity contribution < 1.29 is 4.58 Å². The molecule has 0 aromatic rings. The second-order valence-corrected chi connectivity index (χ2v) is 3.64. The van der Waals surface area contributed by atoms with E-state index >= 15 is 0 Å². The van der Waals surface area contributed by atoms with Crippen molar-refractivity contribution >= 4 is 5.71 Å². The highest BCUT2D eigenvalue weighted by Gasteiger charge is 2.34. The van der Waals surface area contributed by atoms with Crippen LogP contribution in [0.4, 0.5) is 0 Å². The zero-order valence-electron chi connectivity index (χ0n) is 6.86. The Morgan fingerprint density at radius 1 is 1.44 bits per heavy atom. The topological polar surface area (TPSA) is 3.01 Å². The molecular weight excluding hydrogens is 110 g/mol. The first-order valence-corrected chi connectivity index (χ1v) is 3.59. The molecule has 0 saturated heterocycles. The summed E-state index contributed by atoms with van der Waals surface area (Å²) in [6.07, 6.45) is 1.31. The largest absolute Gasteiger partial charge is 0.239 e. The fourth-order valence-corrected chi connectivity index (χ4v) is 1.31. The van der Waals surface area contributed by atoms with Gasteiger partial charge in [0.05, 0.1) is 5.41 Å². The minimum atomic E-state index is 0.467. The summed E-state index contributed by atoms with van der Waals surface area (Å²) in [5.41, 5.74) is 2.00. The van der Waals surface area contributed by atoms with Crippen molar-refractivity contribution in [2.75, 3.05) is 13.6 Å². The van der Waals surface area contributed by atoms with Gasteiger partial charge in [-0.3, -0.25) is 0 Å². The molecule has 1 aliphatic rings. The fourth-order valence-electron chi connectivity index (χ4n) is 1.31. The average Bonchev–Trinajstić information content (AvgIpc) is 1.97. The van der Waals surface area contributed by atoms with Crippen LogP contribution in [0, 0.1) is 5.41 Å². The van der Waals surface area contributed by atoms with Crippen LogP contribution in [0.5, 0.6) is 0 Å². The van der Waals surface area contributed by atoms with Gasteiger partial charge in [-0.25, -0.2) is 4.58 Å². The number of nitrogens with zero attached hydrogens (tertiary/aromatic N) is 1. The summed E-state index contributed by atoms with van der Waals surface area (Å²) in [4.78, 5) is 0. The maximum atomic E-state index is 2.35. The van der Waals surface area contributed by atoms with Gasteiger partial charge in [0.25, 0.3) is 0 Å². The van der Waals surface area contributed by atoms with Crippen LogP contribution >= 0.6 is 0 Å². The molecule has 0 aromatic heterocycles. The molecule has 52 valence electrons. The summed E-state index contributed by atoms with van der Waals surface area (Å²) < 4.78 is 2.35.